The molecule has 0 bridgehead atoms. The van der Waals surface area contributed by atoms with Gasteiger partial charge in [-0.05, 0) is 61.0 Å². The number of thioether (sulfide) groups is 1. The van der Waals surface area contributed by atoms with Crippen molar-refractivity contribution in [1.82, 2.24) is 0 Å². The Morgan fingerprint density at radius 3 is 2.88 bits per heavy atom. The molecule has 2 N–H and O–H groups in total. The molecular weight excluding hydrogens is 218 g/mol. The Bertz CT molecular complexity index is 372. The van der Waals surface area contributed by atoms with E-state index in [1.807, 2.05) is 37.7 Å². The molecule has 1 heterocycles. The van der Waals surface area contributed by atoms with E-state index in [0.29, 0.717) is 5.75 Å². The number of aryl methyl sites for hydroxylation is 2. The summed E-state index contributed by atoms with van der Waals surface area (Å²) in [5, 5.41) is 13.1. The van der Waals surface area contributed by atoms with Gasteiger partial charge in [0.05, 0.1) is 0 Å². The van der Waals surface area contributed by atoms with Gasteiger partial charge in [0.25, 0.3) is 0 Å². The average Bonchev–Trinajstić information content (AvgIpc) is 2.74. The summed E-state index contributed by atoms with van der Waals surface area (Å²) in [5.41, 5.74) is 3.22. The average molecular weight is 237 g/mol. The molecule has 2 rings (SSSR count). The minimum Gasteiger partial charge on any atom is -0.508 e. The summed E-state index contributed by atoms with van der Waals surface area (Å²) in [6.07, 6.45) is 1.33. The summed E-state index contributed by atoms with van der Waals surface area (Å²) < 4.78 is 0. The predicted octanol–water partition coefficient (Wildman–Crippen LogP) is 3.17. The maximum absolute atomic E-state index is 9.57. The van der Waals surface area contributed by atoms with Crippen LogP contribution in [0.4, 0.5) is 5.69 Å². The van der Waals surface area contributed by atoms with Gasteiger partial charge in [-0.25, -0.2) is 0 Å². The van der Waals surface area contributed by atoms with Crippen LogP contribution in [-0.2, 0) is 0 Å². The molecule has 1 saturated heterocycles. The molecule has 2 nitrogen and oxygen atoms in total. The van der Waals surface area contributed by atoms with Crippen LogP contribution in [0.3, 0.4) is 0 Å². The molecule has 1 atom stereocenters. The first-order chi connectivity index (χ1) is 7.66. The predicted molar refractivity (Wildman–Crippen MR) is 71.5 cm³/mol. The number of hydrogen-bond acceptors (Lipinski definition) is 3. The van der Waals surface area contributed by atoms with Crippen molar-refractivity contribution >= 4 is 17.4 Å². The van der Waals surface area contributed by atoms with Crippen molar-refractivity contribution in [3.05, 3.63) is 23.3 Å². The minimum absolute atomic E-state index is 0.388. The van der Waals surface area contributed by atoms with E-state index in [1.54, 1.807) is 0 Å². The summed E-state index contributed by atoms with van der Waals surface area (Å²) in [4.78, 5) is 0. The largest absolute Gasteiger partial charge is 0.508 e. The highest BCUT2D eigenvalue weighted by molar-refractivity contribution is 7.99. The van der Waals surface area contributed by atoms with Gasteiger partial charge >= 0.3 is 0 Å². The zero-order chi connectivity index (χ0) is 11.5. The summed E-state index contributed by atoms with van der Waals surface area (Å²) in [7, 11) is 0. The lowest BCUT2D eigenvalue weighted by molar-refractivity contribution is 0.471. The number of anilines is 1. The van der Waals surface area contributed by atoms with Gasteiger partial charge in [0.15, 0.2) is 0 Å². The quantitative estimate of drug-likeness (QED) is 0.792. The highest BCUT2D eigenvalue weighted by Gasteiger charge is 2.15. The van der Waals surface area contributed by atoms with Crippen LogP contribution in [0.25, 0.3) is 0 Å². The Hall–Kier alpha value is -0.830. The van der Waals surface area contributed by atoms with Crippen LogP contribution < -0.4 is 5.32 Å². The Morgan fingerprint density at radius 1 is 1.38 bits per heavy atom. The molecule has 1 aliphatic heterocycles. The number of nitrogens with one attached hydrogen (secondary N) is 1. The van der Waals surface area contributed by atoms with Gasteiger partial charge in [0.2, 0.25) is 0 Å². The van der Waals surface area contributed by atoms with Crippen molar-refractivity contribution in [2.75, 3.05) is 23.4 Å². The molecule has 0 saturated carbocycles. The monoisotopic (exact) mass is 237 g/mol. The van der Waals surface area contributed by atoms with E-state index in [1.165, 1.54) is 17.9 Å². The Labute approximate surface area is 101 Å². The highest BCUT2D eigenvalue weighted by Crippen LogP contribution is 2.27. The van der Waals surface area contributed by atoms with Crippen molar-refractivity contribution in [3.63, 3.8) is 0 Å². The number of benzene rings is 1. The first-order valence-corrected chi connectivity index (χ1v) is 6.94. The van der Waals surface area contributed by atoms with Gasteiger partial charge in [0, 0.05) is 12.2 Å². The molecule has 0 aliphatic carbocycles. The fraction of sp³-hybridized carbons (Fsp3) is 0.538. The molecule has 1 aliphatic rings. The summed E-state index contributed by atoms with van der Waals surface area (Å²) >= 11 is 2.05. The minimum atomic E-state index is 0.388. The van der Waals surface area contributed by atoms with Gasteiger partial charge in [0.1, 0.15) is 5.75 Å². The van der Waals surface area contributed by atoms with E-state index < -0.39 is 0 Å². The van der Waals surface area contributed by atoms with Crippen LogP contribution in [0.5, 0.6) is 5.75 Å². The van der Waals surface area contributed by atoms with Gasteiger partial charge in [-0.1, -0.05) is 0 Å². The van der Waals surface area contributed by atoms with Gasteiger partial charge in [-0.3, -0.25) is 0 Å². The third-order valence-corrected chi connectivity index (χ3v) is 4.38. The van der Waals surface area contributed by atoms with Crippen LogP contribution in [0.15, 0.2) is 12.1 Å². The number of hydrogen-bond donors (Lipinski definition) is 2. The normalized spacial score (nSPS) is 20.0. The third kappa shape index (κ3) is 2.64. The molecule has 1 aromatic rings. The van der Waals surface area contributed by atoms with E-state index in [4.69, 9.17) is 0 Å². The lowest BCUT2D eigenvalue weighted by Crippen LogP contribution is -2.14. The molecule has 1 fully saturated rings. The maximum atomic E-state index is 9.57. The lowest BCUT2D eigenvalue weighted by Gasteiger charge is -2.14. The smallest absolute Gasteiger partial charge is 0.118 e. The van der Waals surface area contributed by atoms with Crippen molar-refractivity contribution in [2.45, 2.75) is 20.3 Å². The number of rotatable bonds is 3. The molecule has 1 aromatic carbocycles. The van der Waals surface area contributed by atoms with Crippen molar-refractivity contribution in [3.8, 4) is 5.75 Å². The zero-order valence-electron chi connectivity index (χ0n) is 9.92. The first-order valence-electron chi connectivity index (χ1n) is 5.78. The second-order valence-corrected chi connectivity index (χ2v) is 5.71. The summed E-state index contributed by atoms with van der Waals surface area (Å²) in [5.74, 6) is 3.78. The van der Waals surface area contributed by atoms with Crippen LogP contribution in [-0.4, -0.2) is 23.2 Å². The topological polar surface area (TPSA) is 32.3 Å². The molecule has 1 unspecified atom stereocenters. The van der Waals surface area contributed by atoms with Gasteiger partial charge in [-0.2, -0.15) is 11.8 Å². The van der Waals surface area contributed by atoms with E-state index in [-0.39, 0.29) is 0 Å². The van der Waals surface area contributed by atoms with Crippen molar-refractivity contribution < 1.29 is 5.11 Å². The number of aromatic hydroxyl groups is 1. The van der Waals surface area contributed by atoms with Gasteiger partial charge in [-0.15, -0.1) is 0 Å². The Balaban J connectivity index is 2.00. The van der Waals surface area contributed by atoms with E-state index in [2.05, 4.69) is 5.32 Å². The van der Waals surface area contributed by atoms with Crippen LogP contribution in [0.1, 0.15) is 17.5 Å². The second kappa shape index (κ2) is 5.00. The van der Waals surface area contributed by atoms with E-state index in [9.17, 15) is 5.11 Å². The number of phenols is 1. The first kappa shape index (κ1) is 11.6. The van der Waals surface area contributed by atoms with Crippen molar-refractivity contribution in [1.29, 1.82) is 0 Å². The number of phenolic OH excluding ortho intramolecular Hbond substituents is 1. The third-order valence-electron chi connectivity index (χ3n) is 3.15. The molecule has 16 heavy (non-hydrogen) atoms. The second-order valence-electron chi connectivity index (χ2n) is 4.56. The Morgan fingerprint density at radius 2 is 2.19 bits per heavy atom. The maximum Gasteiger partial charge on any atom is 0.118 e. The standard InChI is InChI=1S/C13H19NOS/c1-9-6-13(15)10(2)5-12(9)14-7-11-3-4-16-8-11/h5-6,11,14-15H,3-4,7-8H2,1-2H3. The van der Waals surface area contributed by atoms with Crippen LogP contribution in [0, 0.1) is 19.8 Å². The molecule has 3 heteroatoms. The highest BCUT2D eigenvalue weighted by atomic mass is 32.2. The fourth-order valence-corrected chi connectivity index (χ4v) is 3.27. The molecule has 0 radical (unpaired) electrons. The summed E-state index contributed by atoms with van der Waals surface area (Å²) in [6, 6.07) is 3.87. The molecular formula is C13H19NOS. The summed E-state index contributed by atoms with van der Waals surface area (Å²) in [6.45, 7) is 5.02. The van der Waals surface area contributed by atoms with Crippen molar-refractivity contribution in [2.24, 2.45) is 5.92 Å². The zero-order valence-corrected chi connectivity index (χ0v) is 10.7. The van der Waals surface area contributed by atoms with Crippen LogP contribution >= 0.6 is 11.8 Å². The molecule has 88 valence electrons. The van der Waals surface area contributed by atoms with E-state index >= 15 is 0 Å². The van der Waals surface area contributed by atoms with Gasteiger partial charge < -0.3 is 10.4 Å². The lowest BCUT2D eigenvalue weighted by atomic mass is 10.1. The fourth-order valence-electron chi connectivity index (χ4n) is 1.99. The molecule has 0 amide bonds. The Kier molecular flexibility index (Phi) is 3.64. The molecule has 0 spiro atoms. The van der Waals surface area contributed by atoms with Crippen LogP contribution in [0.2, 0.25) is 0 Å². The van der Waals surface area contributed by atoms with E-state index in [0.717, 1.165) is 29.3 Å². The SMILES string of the molecule is Cc1cc(NCC2CCSC2)c(C)cc1O. The molecule has 0 aromatic heterocycles.